The third-order valence-electron chi connectivity index (χ3n) is 7.19. The van der Waals surface area contributed by atoms with Crippen molar-refractivity contribution in [2.45, 2.75) is 57.2 Å². The summed E-state index contributed by atoms with van der Waals surface area (Å²) < 4.78 is 88.3. The van der Waals surface area contributed by atoms with Crippen LogP contribution < -0.4 is 16.0 Å². The second kappa shape index (κ2) is 12.8. The van der Waals surface area contributed by atoms with Gasteiger partial charge in [-0.15, -0.1) is 0 Å². The predicted octanol–water partition coefficient (Wildman–Crippen LogP) is 5.84. The second-order valence-corrected chi connectivity index (χ2v) is 9.82. The van der Waals surface area contributed by atoms with Crippen LogP contribution in [-0.4, -0.2) is 50.7 Å². The van der Waals surface area contributed by atoms with E-state index in [1.54, 1.807) is 12.1 Å². The van der Waals surface area contributed by atoms with Gasteiger partial charge in [0.05, 0.1) is 11.1 Å². The van der Waals surface area contributed by atoms with Crippen LogP contribution in [0.1, 0.15) is 59.7 Å². The van der Waals surface area contributed by atoms with Crippen molar-refractivity contribution in [3.05, 3.63) is 70.0 Å². The average molecular weight is 549 g/mol. The van der Waals surface area contributed by atoms with Crippen LogP contribution >= 0.6 is 0 Å². The van der Waals surface area contributed by atoms with Gasteiger partial charge in [-0.3, -0.25) is 4.90 Å². The van der Waals surface area contributed by atoms with Crippen LogP contribution in [0.15, 0.2) is 36.4 Å². The van der Waals surface area contributed by atoms with Crippen LogP contribution in [-0.2, 0) is 12.4 Å². The minimum atomic E-state index is -4.80. The van der Waals surface area contributed by atoms with Crippen LogP contribution in [0.4, 0.5) is 30.7 Å². The summed E-state index contributed by atoms with van der Waals surface area (Å²) in [4.78, 5) is 2.61. The molecule has 0 bridgehead atoms. The third-order valence-corrected chi connectivity index (χ3v) is 7.19. The van der Waals surface area contributed by atoms with E-state index in [9.17, 15) is 30.7 Å². The molecule has 0 aliphatic carbocycles. The van der Waals surface area contributed by atoms with Crippen LogP contribution in [0.2, 0.25) is 0 Å². The fourth-order valence-electron chi connectivity index (χ4n) is 4.94. The largest absolute Gasteiger partial charge is 0.416 e. The number of piperazine rings is 1. The van der Waals surface area contributed by atoms with Gasteiger partial charge < -0.3 is 16.0 Å². The molecule has 2 saturated heterocycles. The Bertz CT molecular complexity index is 1020. The van der Waals surface area contributed by atoms with Gasteiger partial charge in [0.15, 0.2) is 0 Å². The molecule has 0 spiro atoms. The third kappa shape index (κ3) is 8.14. The molecule has 2 aromatic rings. The molecule has 2 heterocycles. The van der Waals surface area contributed by atoms with E-state index >= 15 is 0 Å². The van der Waals surface area contributed by atoms with E-state index in [1.165, 1.54) is 26.0 Å². The van der Waals surface area contributed by atoms with Gasteiger partial charge in [-0.05, 0) is 87.3 Å². The highest BCUT2D eigenvalue weighted by Gasteiger charge is 2.37. The van der Waals surface area contributed by atoms with Gasteiger partial charge >= 0.3 is 12.4 Å². The lowest BCUT2D eigenvalue weighted by Gasteiger charge is -2.40. The molecule has 3 atom stereocenters. The Labute approximate surface area is 219 Å². The summed E-state index contributed by atoms with van der Waals surface area (Å²) in [6, 6.07) is 7.15. The number of aryl methyl sites for hydroxylation is 1. The maximum Gasteiger partial charge on any atom is 0.416 e. The van der Waals surface area contributed by atoms with E-state index in [2.05, 4.69) is 20.9 Å². The van der Waals surface area contributed by atoms with Crippen molar-refractivity contribution < 1.29 is 30.7 Å². The van der Waals surface area contributed by atoms with Gasteiger partial charge in [-0.2, -0.15) is 26.3 Å². The molecule has 0 unspecified atom stereocenters. The van der Waals surface area contributed by atoms with Gasteiger partial charge in [-0.25, -0.2) is 4.39 Å². The molecular weight excluding hydrogens is 513 g/mol. The first-order chi connectivity index (χ1) is 17.8. The quantitative estimate of drug-likeness (QED) is 0.420. The summed E-state index contributed by atoms with van der Waals surface area (Å²) in [6.45, 7) is 9.05. The lowest BCUT2D eigenvalue weighted by Crippen LogP contribution is -2.51. The topological polar surface area (TPSA) is 39.3 Å². The summed E-state index contributed by atoms with van der Waals surface area (Å²) in [5.41, 5.74) is -0.335. The number of rotatable bonds is 4. The predicted molar refractivity (Wildman–Crippen MR) is 133 cm³/mol. The lowest BCUT2D eigenvalue weighted by molar-refractivity contribution is -0.143. The van der Waals surface area contributed by atoms with E-state index in [0.717, 1.165) is 56.8 Å². The molecular formula is C27H35F7N4. The van der Waals surface area contributed by atoms with E-state index in [4.69, 9.17) is 0 Å². The van der Waals surface area contributed by atoms with Crippen molar-refractivity contribution in [1.82, 2.24) is 20.9 Å². The van der Waals surface area contributed by atoms with Gasteiger partial charge in [0.2, 0.25) is 0 Å². The molecule has 212 valence electrons. The fourth-order valence-corrected chi connectivity index (χ4v) is 4.94. The summed E-state index contributed by atoms with van der Waals surface area (Å²) in [6.07, 6.45) is -7.25. The lowest BCUT2D eigenvalue weighted by atomic mass is 9.90. The molecule has 2 aliphatic rings. The molecule has 38 heavy (non-hydrogen) atoms. The Balaban J connectivity index is 0.000000212. The van der Waals surface area contributed by atoms with Gasteiger partial charge in [0.1, 0.15) is 5.82 Å². The zero-order valence-corrected chi connectivity index (χ0v) is 21.7. The first-order valence-corrected chi connectivity index (χ1v) is 12.7. The Morgan fingerprint density at radius 3 is 2.05 bits per heavy atom. The number of alkyl halides is 6. The first kappa shape index (κ1) is 30.3. The van der Waals surface area contributed by atoms with Crippen LogP contribution in [0, 0.1) is 12.7 Å². The smallest absolute Gasteiger partial charge is 0.314 e. The van der Waals surface area contributed by atoms with Gasteiger partial charge in [0.25, 0.3) is 0 Å². The van der Waals surface area contributed by atoms with E-state index in [-0.39, 0.29) is 17.4 Å². The maximum absolute atomic E-state index is 13.2. The van der Waals surface area contributed by atoms with Crippen molar-refractivity contribution in [2.24, 2.45) is 0 Å². The number of nitrogens with one attached hydrogen (secondary N) is 3. The highest BCUT2D eigenvalue weighted by atomic mass is 19.4. The molecule has 11 heteroatoms. The second-order valence-electron chi connectivity index (χ2n) is 9.82. The summed E-state index contributed by atoms with van der Waals surface area (Å²) in [5, 5.41) is 9.62. The molecule has 4 nitrogen and oxygen atoms in total. The van der Waals surface area contributed by atoms with Crippen molar-refractivity contribution in [3.8, 4) is 0 Å². The SMILES string of the molecule is CN[C@H](C)c1cc(C(F)(F)F)cc(C(F)(F)F)c1.Cc1cc(F)ccc1[C@H]1C[C@@H](N2CCNCC2)CCN1. The molecule has 0 amide bonds. The van der Waals surface area contributed by atoms with Crippen molar-refractivity contribution in [2.75, 3.05) is 39.8 Å². The zero-order valence-electron chi connectivity index (χ0n) is 21.7. The number of nitrogens with zero attached hydrogens (tertiary/aromatic N) is 1. The highest BCUT2D eigenvalue weighted by molar-refractivity contribution is 5.35. The number of hydrogen-bond acceptors (Lipinski definition) is 4. The van der Waals surface area contributed by atoms with Crippen molar-refractivity contribution in [3.63, 3.8) is 0 Å². The normalized spacial score (nSPS) is 21.9. The fraction of sp³-hybridized carbons (Fsp3) is 0.556. The molecule has 2 aliphatic heterocycles. The van der Waals surface area contributed by atoms with E-state index in [0.29, 0.717) is 12.1 Å². The molecule has 0 radical (unpaired) electrons. The van der Waals surface area contributed by atoms with Crippen LogP contribution in [0.5, 0.6) is 0 Å². The first-order valence-electron chi connectivity index (χ1n) is 12.7. The standard InChI is InChI=1S/C16H24FN3.C11H11F6N/c1-12-10-13(17)2-3-15(12)16-11-14(4-5-19-16)20-8-6-18-7-9-20;1-6(18-2)7-3-8(10(12,13)14)5-9(4-7)11(15,16)17/h2-3,10,14,16,18-19H,4-9,11H2,1H3;3-6,18H,1-2H3/t14-,16+;6-/m01/s1. The molecule has 0 saturated carbocycles. The number of benzene rings is 2. The van der Waals surface area contributed by atoms with Crippen LogP contribution in [0.25, 0.3) is 0 Å². The average Bonchev–Trinajstić information content (AvgIpc) is 2.88. The van der Waals surface area contributed by atoms with Crippen molar-refractivity contribution in [1.29, 1.82) is 0 Å². The minimum Gasteiger partial charge on any atom is -0.314 e. The Morgan fingerprint density at radius 1 is 0.921 bits per heavy atom. The highest BCUT2D eigenvalue weighted by Crippen LogP contribution is 2.37. The molecule has 0 aromatic heterocycles. The Hall–Kier alpha value is -2.21. The van der Waals surface area contributed by atoms with E-state index in [1.807, 2.05) is 13.0 Å². The minimum absolute atomic E-state index is 0.0559. The number of piperidine rings is 1. The van der Waals surface area contributed by atoms with E-state index < -0.39 is 29.5 Å². The maximum atomic E-state index is 13.2. The summed E-state index contributed by atoms with van der Waals surface area (Å²) in [5.74, 6) is -0.138. The Kier molecular flexibility index (Phi) is 10.2. The number of halogens is 7. The Morgan fingerprint density at radius 2 is 1.53 bits per heavy atom. The number of hydrogen-bond donors (Lipinski definition) is 3. The van der Waals surface area contributed by atoms with Gasteiger partial charge in [0, 0.05) is 44.3 Å². The van der Waals surface area contributed by atoms with Crippen molar-refractivity contribution >= 4 is 0 Å². The molecule has 3 N–H and O–H groups in total. The monoisotopic (exact) mass is 548 g/mol. The molecule has 4 rings (SSSR count). The van der Waals surface area contributed by atoms with Gasteiger partial charge in [-0.1, -0.05) is 6.07 Å². The molecule has 2 fully saturated rings. The molecule has 2 aromatic carbocycles. The summed E-state index contributed by atoms with van der Waals surface area (Å²) >= 11 is 0. The zero-order chi connectivity index (χ0) is 28.1. The summed E-state index contributed by atoms with van der Waals surface area (Å²) in [7, 11) is 1.46. The van der Waals surface area contributed by atoms with Crippen LogP contribution in [0.3, 0.4) is 0 Å².